The molecule has 1 heterocycles. The third kappa shape index (κ3) is 2.52. The van der Waals surface area contributed by atoms with Gasteiger partial charge in [-0.05, 0) is 31.2 Å². The molecule has 24 heavy (non-hydrogen) atoms. The van der Waals surface area contributed by atoms with Gasteiger partial charge in [0.2, 0.25) is 5.91 Å². The molecule has 3 aromatic rings. The summed E-state index contributed by atoms with van der Waals surface area (Å²) >= 11 is 0. The molecule has 6 heteroatoms. The van der Waals surface area contributed by atoms with Crippen molar-refractivity contribution in [3.05, 3.63) is 64.7 Å². The number of carbonyl (C=O) groups excluding carboxylic acids is 1. The van der Waals surface area contributed by atoms with Crippen LogP contribution in [0.25, 0.3) is 16.6 Å². The molecular weight excluding hydrogens is 306 g/mol. The van der Waals surface area contributed by atoms with Crippen LogP contribution >= 0.6 is 0 Å². The maximum atomic E-state index is 13.1. The Bertz CT molecular complexity index is 979. The van der Waals surface area contributed by atoms with E-state index in [0.717, 1.165) is 0 Å². The van der Waals surface area contributed by atoms with E-state index in [1.165, 1.54) is 11.7 Å². The van der Waals surface area contributed by atoms with Crippen LogP contribution < -0.4 is 16.0 Å². The molecule has 1 unspecified atom stereocenters. The van der Waals surface area contributed by atoms with Gasteiger partial charge in [-0.25, -0.2) is 4.98 Å². The molecule has 0 saturated carbocycles. The monoisotopic (exact) mass is 323 g/mol. The fourth-order valence-electron chi connectivity index (χ4n) is 2.61. The van der Waals surface area contributed by atoms with Gasteiger partial charge in [-0.3, -0.25) is 14.2 Å². The Morgan fingerprint density at radius 3 is 2.54 bits per heavy atom. The Morgan fingerprint density at radius 1 is 1.17 bits per heavy atom. The van der Waals surface area contributed by atoms with Crippen LogP contribution in [0.2, 0.25) is 0 Å². The van der Waals surface area contributed by atoms with Crippen molar-refractivity contribution in [3.8, 4) is 11.4 Å². The third-order valence-corrected chi connectivity index (χ3v) is 3.94. The summed E-state index contributed by atoms with van der Waals surface area (Å²) in [7, 11) is 1.52. The van der Waals surface area contributed by atoms with Crippen molar-refractivity contribution in [2.24, 2.45) is 5.73 Å². The smallest absolute Gasteiger partial charge is 0.266 e. The van der Waals surface area contributed by atoms with Crippen molar-refractivity contribution < 1.29 is 9.53 Å². The summed E-state index contributed by atoms with van der Waals surface area (Å²) in [4.78, 5) is 29.3. The number of primary amides is 1. The highest BCUT2D eigenvalue weighted by atomic mass is 16.5. The Morgan fingerprint density at radius 2 is 1.83 bits per heavy atom. The predicted molar refractivity (Wildman–Crippen MR) is 91.5 cm³/mol. The second kappa shape index (κ2) is 6.16. The van der Waals surface area contributed by atoms with E-state index < -0.39 is 11.8 Å². The van der Waals surface area contributed by atoms with Gasteiger partial charge < -0.3 is 10.5 Å². The molecule has 0 aliphatic heterocycles. The lowest BCUT2D eigenvalue weighted by Gasteiger charge is -2.18. The van der Waals surface area contributed by atoms with Crippen molar-refractivity contribution in [3.63, 3.8) is 0 Å². The number of hydrogen-bond donors (Lipinski definition) is 1. The molecule has 1 aromatic heterocycles. The first-order valence-electron chi connectivity index (χ1n) is 7.49. The summed E-state index contributed by atoms with van der Waals surface area (Å²) in [6, 6.07) is 14.1. The molecule has 0 fully saturated rings. The second-order valence-electron chi connectivity index (χ2n) is 5.42. The van der Waals surface area contributed by atoms with Gasteiger partial charge >= 0.3 is 0 Å². The van der Waals surface area contributed by atoms with Gasteiger partial charge in [0, 0.05) is 0 Å². The zero-order valence-corrected chi connectivity index (χ0v) is 13.4. The van der Waals surface area contributed by atoms with E-state index in [2.05, 4.69) is 4.98 Å². The number of ether oxygens (including phenoxy) is 1. The summed E-state index contributed by atoms with van der Waals surface area (Å²) in [6.07, 6.45) is 0. The molecule has 0 spiro atoms. The van der Waals surface area contributed by atoms with Crippen LogP contribution in [0.3, 0.4) is 0 Å². The molecule has 1 amide bonds. The highest BCUT2D eigenvalue weighted by Gasteiger charge is 2.22. The van der Waals surface area contributed by atoms with Crippen LogP contribution in [0, 0.1) is 0 Å². The van der Waals surface area contributed by atoms with Gasteiger partial charge in [0.05, 0.1) is 29.6 Å². The number of hydrogen-bond acceptors (Lipinski definition) is 4. The van der Waals surface area contributed by atoms with Crippen LogP contribution in [0.15, 0.2) is 53.3 Å². The maximum absolute atomic E-state index is 13.1. The standard InChI is InChI=1S/C18H17N3O3/c1-11(16(19)22)17-20-13-8-4-3-7-12(13)18(23)21(17)14-9-5-6-10-15(14)24-2/h3-11H,1-2H3,(H2,19,22). The highest BCUT2D eigenvalue weighted by Crippen LogP contribution is 2.25. The number of rotatable bonds is 4. The largest absolute Gasteiger partial charge is 0.495 e. The van der Waals surface area contributed by atoms with E-state index in [1.807, 2.05) is 0 Å². The topological polar surface area (TPSA) is 87.2 Å². The Hall–Kier alpha value is -3.15. The number of nitrogens with two attached hydrogens (primary N) is 1. The van der Waals surface area contributed by atoms with Gasteiger partial charge in [-0.15, -0.1) is 0 Å². The first-order valence-corrected chi connectivity index (χ1v) is 7.49. The quantitative estimate of drug-likeness (QED) is 0.795. The van der Waals surface area contributed by atoms with Crippen molar-refractivity contribution in [2.45, 2.75) is 12.8 Å². The molecule has 1 atom stereocenters. The van der Waals surface area contributed by atoms with Gasteiger partial charge in [-0.1, -0.05) is 24.3 Å². The Balaban J connectivity index is 2.44. The van der Waals surface area contributed by atoms with E-state index in [9.17, 15) is 9.59 Å². The zero-order valence-electron chi connectivity index (χ0n) is 13.4. The first kappa shape index (κ1) is 15.7. The molecular formula is C18H17N3O3. The molecule has 3 rings (SSSR count). The molecule has 0 bridgehead atoms. The van der Waals surface area contributed by atoms with Crippen molar-refractivity contribution in [1.29, 1.82) is 0 Å². The summed E-state index contributed by atoms with van der Waals surface area (Å²) in [6.45, 7) is 1.63. The molecule has 0 radical (unpaired) electrons. The average Bonchev–Trinajstić information content (AvgIpc) is 2.61. The van der Waals surface area contributed by atoms with Crippen molar-refractivity contribution >= 4 is 16.8 Å². The van der Waals surface area contributed by atoms with E-state index in [1.54, 1.807) is 55.5 Å². The number of methoxy groups -OCH3 is 1. The molecule has 0 aliphatic rings. The lowest BCUT2D eigenvalue weighted by Crippen LogP contribution is -2.30. The van der Waals surface area contributed by atoms with Crippen LogP contribution in [0.1, 0.15) is 18.7 Å². The fourth-order valence-corrected chi connectivity index (χ4v) is 2.61. The number of para-hydroxylation sites is 3. The lowest BCUT2D eigenvalue weighted by atomic mass is 10.1. The van der Waals surface area contributed by atoms with Crippen LogP contribution in [0.4, 0.5) is 0 Å². The van der Waals surface area contributed by atoms with Gasteiger partial charge in [-0.2, -0.15) is 0 Å². The molecule has 6 nitrogen and oxygen atoms in total. The normalized spacial score (nSPS) is 12.1. The third-order valence-electron chi connectivity index (χ3n) is 3.94. The minimum absolute atomic E-state index is 0.270. The minimum Gasteiger partial charge on any atom is -0.495 e. The number of nitrogens with zero attached hydrogens (tertiary/aromatic N) is 2. The van der Waals surface area contributed by atoms with E-state index in [0.29, 0.717) is 22.3 Å². The number of benzene rings is 2. The van der Waals surface area contributed by atoms with Gasteiger partial charge in [0.25, 0.3) is 5.56 Å². The minimum atomic E-state index is -0.729. The SMILES string of the molecule is COc1ccccc1-n1c(C(C)C(N)=O)nc2ccccc2c1=O. The Labute approximate surface area is 138 Å². The number of carbonyl (C=O) groups is 1. The molecule has 2 aromatic carbocycles. The van der Waals surface area contributed by atoms with Crippen LogP contribution in [-0.2, 0) is 4.79 Å². The van der Waals surface area contributed by atoms with E-state index in [-0.39, 0.29) is 11.4 Å². The average molecular weight is 323 g/mol. The predicted octanol–water partition coefficient (Wildman–Crippen LogP) is 1.98. The number of aromatic nitrogens is 2. The lowest BCUT2D eigenvalue weighted by molar-refractivity contribution is -0.119. The van der Waals surface area contributed by atoms with E-state index >= 15 is 0 Å². The molecule has 122 valence electrons. The highest BCUT2D eigenvalue weighted by molar-refractivity contribution is 5.83. The summed E-state index contributed by atoms with van der Waals surface area (Å²) < 4.78 is 6.76. The maximum Gasteiger partial charge on any atom is 0.266 e. The van der Waals surface area contributed by atoms with E-state index in [4.69, 9.17) is 10.5 Å². The fraction of sp³-hybridized carbons (Fsp3) is 0.167. The second-order valence-corrected chi connectivity index (χ2v) is 5.42. The number of amides is 1. The molecule has 2 N–H and O–H groups in total. The summed E-state index contributed by atoms with van der Waals surface area (Å²) in [5.74, 6) is -0.488. The van der Waals surface area contributed by atoms with Crippen LogP contribution in [0.5, 0.6) is 5.75 Å². The van der Waals surface area contributed by atoms with Gasteiger partial charge in [0.15, 0.2) is 0 Å². The summed E-state index contributed by atoms with van der Waals surface area (Å²) in [5.41, 5.74) is 6.23. The molecule has 0 aliphatic carbocycles. The number of fused-ring (bicyclic) bond motifs is 1. The molecule has 0 saturated heterocycles. The van der Waals surface area contributed by atoms with Gasteiger partial charge in [0.1, 0.15) is 11.6 Å². The van der Waals surface area contributed by atoms with Crippen LogP contribution in [-0.4, -0.2) is 22.6 Å². The summed E-state index contributed by atoms with van der Waals surface area (Å²) in [5, 5.41) is 0.462. The zero-order chi connectivity index (χ0) is 17.3. The Kier molecular flexibility index (Phi) is 4.04. The van der Waals surface area contributed by atoms with Crippen molar-refractivity contribution in [2.75, 3.05) is 7.11 Å². The first-order chi connectivity index (χ1) is 11.5. The van der Waals surface area contributed by atoms with Crippen molar-refractivity contribution in [1.82, 2.24) is 9.55 Å².